The highest BCUT2D eigenvalue weighted by Crippen LogP contribution is 2.19. The van der Waals surface area contributed by atoms with E-state index in [0.717, 1.165) is 0 Å². The molecule has 1 fully saturated rings. The minimum absolute atomic E-state index is 0.00141. The fourth-order valence-corrected chi connectivity index (χ4v) is 2.97. The molecule has 0 unspecified atom stereocenters. The van der Waals surface area contributed by atoms with Gasteiger partial charge in [-0.2, -0.15) is 0 Å². The Balaban J connectivity index is 2.11. The molecule has 1 aliphatic rings. The largest absolute Gasteiger partial charge is 0.463 e. The lowest BCUT2D eigenvalue weighted by Gasteiger charge is -2.27. The Hall–Kier alpha value is -2.58. The van der Waals surface area contributed by atoms with Gasteiger partial charge in [0.05, 0.1) is 10.9 Å². The monoisotopic (exact) mass is 418 g/mol. The van der Waals surface area contributed by atoms with Crippen molar-refractivity contribution in [3.8, 4) is 0 Å². The number of amides is 2. The van der Waals surface area contributed by atoms with Crippen LogP contribution in [0.25, 0.3) is 17.0 Å². The van der Waals surface area contributed by atoms with Crippen molar-refractivity contribution in [2.75, 3.05) is 6.54 Å². The second kappa shape index (κ2) is 6.73. The predicted molar refractivity (Wildman–Crippen MR) is 101 cm³/mol. The number of carbonyl (C=O) groups is 2. The molecule has 6 nitrogen and oxygen atoms in total. The molecule has 0 atom stereocenters. The summed E-state index contributed by atoms with van der Waals surface area (Å²) in [6, 6.07) is 5.02. The highest BCUT2D eigenvalue weighted by Gasteiger charge is 2.32. The van der Waals surface area contributed by atoms with E-state index < -0.39 is 11.8 Å². The first kappa shape index (κ1) is 17.2. The predicted octanol–water partition coefficient (Wildman–Crippen LogP) is 2.37. The molecule has 1 aromatic carbocycles. The Morgan fingerprint density at radius 2 is 2.08 bits per heavy atom. The molecule has 0 bridgehead atoms. The molecule has 25 heavy (non-hydrogen) atoms. The number of hydrogen-bond donors (Lipinski definition) is 1. The van der Waals surface area contributed by atoms with Crippen LogP contribution >= 0.6 is 28.1 Å². The van der Waals surface area contributed by atoms with Crippen LogP contribution in [0, 0.1) is 0 Å². The molecule has 0 radical (unpaired) electrons. The van der Waals surface area contributed by atoms with Gasteiger partial charge in [-0.15, -0.1) is 6.58 Å². The van der Waals surface area contributed by atoms with Gasteiger partial charge in [-0.1, -0.05) is 22.0 Å². The SMILES string of the molecule is C=CCN1C(=O)/C(=C/c2coc3ccc(Br)cc3c2=O)C(=O)NC1=S. The molecule has 0 aliphatic carbocycles. The van der Waals surface area contributed by atoms with Crippen LogP contribution in [0.2, 0.25) is 0 Å². The van der Waals surface area contributed by atoms with Gasteiger partial charge in [0.15, 0.2) is 10.5 Å². The average Bonchev–Trinajstić information content (AvgIpc) is 2.57. The molecule has 3 rings (SSSR count). The summed E-state index contributed by atoms with van der Waals surface area (Å²) in [5.74, 6) is -1.26. The third kappa shape index (κ3) is 3.18. The van der Waals surface area contributed by atoms with E-state index in [1.165, 1.54) is 23.3 Å². The maximum Gasteiger partial charge on any atom is 0.265 e. The summed E-state index contributed by atoms with van der Waals surface area (Å²) in [4.78, 5) is 38.4. The topological polar surface area (TPSA) is 79.6 Å². The Labute approximate surface area is 155 Å². The highest BCUT2D eigenvalue weighted by atomic mass is 79.9. The fraction of sp³-hybridized carbons (Fsp3) is 0.0588. The molecule has 126 valence electrons. The van der Waals surface area contributed by atoms with E-state index in [2.05, 4.69) is 27.8 Å². The van der Waals surface area contributed by atoms with E-state index in [1.807, 2.05) is 0 Å². The van der Waals surface area contributed by atoms with Crippen molar-refractivity contribution in [2.45, 2.75) is 0 Å². The van der Waals surface area contributed by atoms with Crippen LogP contribution in [0.3, 0.4) is 0 Å². The number of nitrogens with one attached hydrogen (secondary N) is 1. The van der Waals surface area contributed by atoms with Gasteiger partial charge in [-0.25, -0.2) is 0 Å². The van der Waals surface area contributed by atoms with Crippen LogP contribution in [-0.4, -0.2) is 28.4 Å². The molecule has 0 saturated carbocycles. The smallest absolute Gasteiger partial charge is 0.265 e. The van der Waals surface area contributed by atoms with E-state index in [4.69, 9.17) is 16.6 Å². The Bertz CT molecular complexity index is 1020. The van der Waals surface area contributed by atoms with E-state index in [-0.39, 0.29) is 28.2 Å². The molecule has 2 amide bonds. The number of nitrogens with zero attached hydrogens (tertiary/aromatic N) is 1. The first-order chi connectivity index (χ1) is 11.9. The molecule has 2 aromatic rings. The van der Waals surface area contributed by atoms with Crippen LogP contribution in [0.5, 0.6) is 0 Å². The van der Waals surface area contributed by atoms with Crippen LogP contribution in [0.15, 0.2) is 56.4 Å². The summed E-state index contributed by atoms with van der Waals surface area (Å²) in [6.07, 6.45) is 3.92. The number of benzene rings is 1. The number of fused-ring (bicyclic) bond motifs is 1. The van der Waals surface area contributed by atoms with Gasteiger partial charge in [-0.05, 0) is 36.5 Å². The summed E-state index contributed by atoms with van der Waals surface area (Å²) < 4.78 is 6.14. The minimum Gasteiger partial charge on any atom is -0.463 e. The second-order valence-electron chi connectivity index (χ2n) is 5.18. The Kier molecular flexibility index (Phi) is 4.65. The maximum absolute atomic E-state index is 12.6. The van der Waals surface area contributed by atoms with Crippen molar-refractivity contribution in [1.82, 2.24) is 10.2 Å². The van der Waals surface area contributed by atoms with Gasteiger partial charge >= 0.3 is 0 Å². The Morgan fingerprint density at radius 1 is 1.32 bits per heavy atom. The molecule has 1 saturated heterocycles. The number of halogens is 1. The summed E-state index contributed by atoms with van der Waals surface area (Å²) in [6.45, 7) is 3.70. The molecule has 1 N–H and O–H groups in total. The summed E-state index contributed by atoms with van der Waals surface area (Å²) >= 11 is 8.28. The number of hydrogen-bond acceptors (Lipinski definition) is 5. The van der Waals surface area contributed by atoms with Crippen molar-refractivity contribution in [3.05, 3.63) is 62.9 Å². The van der Waals surface area contributed by atoms with Gasteiger partial charge in [0.25, 0.3) is 11.8 Å². The fourth-order valence-electron chi connectivity index (χ4n) is 2.36. The van der Waals surface area contributed by atoms with Crippen molar-refractivity contribution >= 4 is 62.1 Å². The van der Waals surface area contributed by atoms with E-state index in [1.54, 1.807) is 18.2 Å². The number of thiocarbonyl (C=S) groups is 1. The van der Waals surface area contributed by atoms with Crippen molar-refractivity contribution in [2.24, 2.45) is 0 Å². The van der Waals surface area contributed by atoms with Gasteiger partial charge in [0.1, 0.15) is 17.4 Å². The van der Waals surface area contributed by atoms with E-state index in [9.17, 15) is 14.4 Å². The van der Waals surface area contributed by atoms with Crippen LogP contribution < -0.4 is 10.7 Å². The zero-order valence-electron chi connectivity index (χ0n) is 12.7. The molecule has 1 aliphatic heterocycles. The van der Waals surface area contributed by atoms with Crippen LogP contribution in [-0.2, 0) is 9.59 Å². The Morgan fingerprint density at radius 3 is 2.80 bits per heavy atom. The summed E-state index contributed by atoms with van der Waals surface area (Å²) in [5, 5.41) is 2.76. The maximum atomic E-state index is 12.6. The van der Waals surface area contributed by atoms with Crippen molar-refractivity contribution in [3.63, 3.8) is 0 Å². The molecule has 0 spiro atoms. The average molecular weight is 419 g/mol. The molecular formula is C17H11BrN2O4S. The summed E-state index contributed by atoms with van der Waals surface area (Å²) in [5.41, 5.74) is -0.0455. The molecular weight excluding hydrogens is 408 g/mol. The number of carbonyl (C=O) groups excluding carboxylic acids is 2. The zero-order valence-corrected chi connectivity index (χ0v) is 15.1. The van der Waals surface area contributed by atoms with Crippen molar-refractivity contribution < 1.29 is 14.0 Å². The summed E-state index contributed by atoms with van der Waals surface area (Å²) in [7, 11) is 0. The number of rotatable bonds is 3. The van der Waals surface area contributed by atoms with Crippen LogP contribution in [0.1, 0.15) is 5.56 Å². The lowest BCUT2D eigenvalue weighted by Crippen LogP contribution is -2.53. The third-order valence-electron chi connectivity index (χ3n) is 3.56. The highest BCUT2D eigenvalue weighted by molar-refractivity contribution is 9.10. The lowest BCUT2D eigenvalue weighted by atomic mass is 10.1. The molecule has 2 heterocycles. The van der Waals surface area contributed by atoms with Gasteiger partial charge in [0.2, 0.25) is 0 Å². The normalized spacial score (nSPS) is 16.4. The first-order valence-corrected chi connectivity index (χ1v) is 8.33. The quantitative estimate of drug-likeness (QED) is 0.358. The van der Waals surface area contributed by atoms with Gasteiger partial charge < -0.3 is 4.42 Å². The van der Waals surface area contributed by atoms with Gasteiger partial charge in [-0.3, -0.25) is 24.6 Å². The molecule has 8 heteroatoms. The minimum atomic E-state index is -0.663. The standard InChI is InChI=1S/C17H11BrN2O4S/c1-2-5-20-16(23)12(15(22)19-17(20)25)6-9-8-24-13-4-3-10(18)7-11(13)14(9)21/h2-4,6-8H,1,5H2,(H,19,22,25)/b12-6+. The van der Waals surface area contributed by atoms with Crippen molar-refractivity contribution in [1.29, 1.82) is 0 Å². The first-order valence-electron chi connectivity index (χ1n) is 7.13. The second-order valence-corrected chi connectivity index (χ2v) is 6.48. The van der Waals surface area contributed by atoms with E-state index in [0.29, 0.717) is 15.4 Å². The van der Waals surface area contributed by atoms with E-state index >= 15 is 0 Å². The lowest BCUT2D eigenvalue weighted by molar-refractivity contribution is -0.128. The zero-order chi connectivity index (χ0) is 18.1. The third-order valence-corrected chi connectivity index (χ3v) is 4.37. The molecule has 1 aromatic heterocycles. The van der Waals surface area contributed by atoms with Gasteiger partial charge in [0, 0.05) is 11.0 Å². The van der Waals surface area contributed by atoms with Crippen LogP contribution in [0.4, 0.5) is 0 Å².